The fourth-order valence-corrected chi connectivity index (χ4v) is 2.29. The Balaban J connectivity index is 2.36. The van der Waals surface area contributed by atoms with E-state index in [1.807, 2.05) is 6.92 Å². The minimum absolute atomic E-state index is 0.0801. The van der Waals surface area contributed by atoms with Crippen LogP contribution >= 0.6 is 12.2 Å². The van der Waals surface area contributed by atoms with Crippen molar-refractivity contribution in [1.29, 1.82) is 0 Å². The van der Waals surface area contributed by atoms with Gasteiger partial charge in [0.1, 0.15) is 6.10 Å². The van der Waals surface area contributed by atoms with Crippen molar-refractivity contribution in [2.45, 2.75) is 58.5 Å². The van der Waals surface area contributed by atoms with E-state index in [0.717, 1.165) is 25.0 Å². The van der Waals surface area contributed by atoms with Gasteiger partial charge in [-0.1, -0.05) is 19.8 Å². The fourth-order valence-electron chi connectivity index (χ4n) is 2.24. The molecule has 19 heavy (non-hydrogen) atoms. The van der Waals surface area contributed by atoms with E-state index < -0.39 is 0 Å². The molecule has 0 bridgehead atoms. The lowest BCUT2D eigenvalue weighted by atomic mass is 9.97. The predicted octanol–water partition coefficient (Wildman–Crippen LogP) is 2.10. The van der Waals surface area contributed by atoms with E-state index in [0.29, 0.717) is 6.42 Å². The number of nitrogens with two attached hydrogens (primary N) is 1. The molecule has 3 N–H and O–H groups in total. The Morgan fingerprint density at radius 3 is 2.95 bits per heavy atom. The van der Waals surface area contributed by atoms with Crippen LogP contribution in [0.1, 0.15) is 52.4 Å². The van der Waals surface area contributed by atoms with Crippen LogP contribution in [-0.4, -0.2) is 22.9 Å². The molecule has 0 spiro atoms. The van der Waals surface area contributed by atoms with Gasteiger partial charge in [-0.25, -0.2) is 0 Å². The first-order chi connectivity index (χ1) is 9.02. The van der Waals surface area contributed by atoms with Crippen LogP contribution < -0.4 is 11.2 Å². The third kappa shape index (κ3) is 6.00. The second-order valence-electron chi connectivity index (χ2n) is 5.01. The predicted molar refractivity (Wildman–Crippen MR) is 79.8 cm³/mol. The van der Waals surface area contributed by atoms with Crippen LogP contribution in [0.15, 0.2) is 5.10 Å². The molecule has 2 atom stereocenters. The van der Waals surface area contributed by atoms with Crippen molar-refractivity contribution in [3.8, 4) is 0 Å². The summed E-state index contributed by atoms with van der Waals surface area (Å²) in [5, 5.41) is 4.15. The number of esters is 1. The number of hydrogen-bond donors (Lipinski definition) is 2. The summed E-state index contributed by atoms with van der Waals surface area (Å²) in [7, 11) is 0. The van der Waals surface area contributed by atoms with Crippen molar-refractivity contribution < 1.29 is 9.53 Å². The molecular formula is C13H23N3O2S. The number of unbranched alkanes of at least 4 members (excludes halogenated alkanes) is 2. The number of carbonyl (C=O) groups excluding carboxylic acids is 1. The molecule has 0 radical (unpaired) electrons. The van der Waals surface area contributed by atoms with Gasteiger partial charge in [0.25, 0.3) is 0 Å². The molecular weight excluding hydrogens is 262 g/mol. The quantitative estimate of drug-likeness (QED) is 0.246. The highest BCUT2D eigenvalue weighted by molar-refractivity contribution is 7.80. The van der Waals surface area contributed by atoms with Crippen molar-refractivity contribution in [1.82, 2.24) is 5.43 Å². The summed E-state index contributed by atoms with van der Waals surface area (Å²) >= 11 is 4.67. The summed E-state index contributed by atoms with van der Waals surface area (Å²) in [5.41, 5.74) is 8.63. The van der Waals surface area contributed by atoms with Crippen LogP contribution in [0.25, 0.3) is 0 Å². The van der Waals surface area contributed by atoms with Crippen molar-refractivity contribution in [2.75, 3.05) is 0 Å². The average molecular weight is 285 g/mol. The highest BCUT2D eigenvalue weighted by Crippen LogP contribution is 2.27. The summed E-state index contributed by atoms with van der Waals surface area (Å²) in [6.07, 6.45) is 5.94. The number of nitrogens with zero attached hydrogens (tertiary/aromatic N) is 1. The normalized spacial score (nSPS) is 23.3. The molecule has 0 aliphatic carbocycles. The number of carbonyl (C=O) groups is 1. The lowest BCUT2D eigenvalue weighted by Crippen LogP contribution is -2.25. The first kappa shape index (κ1) is 15.9. The standard InChI is InChI=1S/C13H23N3O2S/c1-3-4-5-6-11-8-10(12(17)18-11)7-9(2)15-16-13(14)19/h10-11H,3-8H2,1-2H3,(H3,14,16,19)/b15-9+. The Hall–Kier alpha value is -1.17. The number of ether oxygens (including phenoxy) is 1. The van der Waals surface area contributed by atoms with Crippen LogP contribution in [0.5, 0.6) is 0 Å². The molecule has 108 valence electrons. The molecule has 6 heteroatoms. The van der Waals surface area contributed by atoms with Crippen LogP contribution in [0, 0.1) is 5.92 Å². The molecule has 0 aromatic heterocycles. The largest absolute Gasteiger partial charge is 0.462 e. The van der Waals surface area contributed by atoms with Gasteiger partial charge in [0.15, 0.2) is 5.11 Å². The van der Waals surface area contributed by atoms with Crippen LogP contribution in [0.4, 0.5) is 0 Å². The fraction of sp³-hybridized carbons (Fsp3) is 0.769. The molecule has 0 saturated carbocycles. The topological polar surface area (TPSA) is 76.7 Å². The second kappa shape index (κ2) is 8.09. The second-order valence-corrected chi connectivity index (χ2v) is 5.45. The molecule has 1 rings (SSSR count). The van der Waals surface area contributed by atoms with Gasteiger partial charge >= 0.3 is 5.97 Å². The molecule has 1 fully saturated rings. The van der Waals surface area contributed by atoms with Crippen molar-refractivity contribution in [3.63, 3.8) is 0 Å². The van der Waals surface area contributed by atoms with E-state index in [4.69, 9.17) is 10.5 Å². The summed E-state index contributed by atoms with van der Waals surface area (Å²) in [4.78, 5) is 11.7. The summed E-state index contributed by atoms with van der Waals surface area (Å²) < 4.78 is 5.38. The molecule has 1 heterocycles. The van der Waals surface area contributed by atoms with Gasteiger partial charge in [-0.2, -0.15) is 5.10 Å². The lowest BCUT2D eigenvalue weighted by molar-refractivity contribution is -0.144. The number of cyclic esters (lactones) is 1. The Bertz CT molecular complexity index is 358. The highest BCUT2D eigenvalue weighted by Gasteiger charge is 2.34. The Labute approximate surface area is 120 Å². The Morgan fingerprint density at radius 1 is 1.58 bits per heavy atom. The first-order valence-corrected chi connectivity index (χ1v) is 7.22. The Morgan fingerprint density at radius 2 is 2.32 bits per heavy atom. The minimum Gasteiger partial charge on any atom is -0.462 e. The van der Waals surface area contributed by atoms with Crippen molar-refractivity contribution in [2.24, 2.45) is 16.8 Å². The maximum atomic E-state index is 11.7. The van der Waals surface area contributed by atoms with Gasteiger partial charge in [0, 0.05) is 12.1 Å². The zero-order valence-corrected chi connectivity index (χ0v) is 12.5. The summed E-state index contributed by atoms with van der Waals surface area (Å²) in [6, 6.07) is 0. The highest BCUT2D eigenvalue weighted by atomic mass is 32.1. The third-order valence-electron chi connectivity index (χ3n) is 3.19. The van der Waals surface area contributed by atoms with Crippen molar-refractivity contribution >= 4 is 29.0 Å². The maximum Gasteiger partial charge on any atom is 0.309 e. The number of hydrogen-bond acceptors (Lipinski definition) is 4. The summed E-state index contributed by atoms with van der Waals surface area (Å²) in [6.45, 7) is 4.02. The molecule has 2 unspecified atom stereocenters. The van der Waals surface area contributed by atoms with E-state index in [2.05, 4.69) is 29.7 Å². The number of nitrogens with one attached hydrogen (secondary N) is 1. The van der Waals surface area contributed by atoms with Gasteiger partial charge in [-0.05, 0) is 38.4 Å². The monoisotopic (exact) mass is 285 g/mol. The van der Waals surface area contributed by atoms with Gasteiger partial charge in [-0.15, -0.1) is 0 Å². The molecule has 1 saturated heterocycles. The van der Waals surface area contributed by atoms with Crippen LogP contribution in [0.2, 0.25) is 0 Å². The average Bonchev–Trinajstić information content (AvgIpc) is 2.68. The molecule has 0 aromatic carbocycles. The van der Waals surface area contributed by atoms with Crippen LogP contribution in [0.3, 0.4) is 0 Å². The van der Waals surface area contributed by atoms with E-state index in [1.54, 1.807) is 0 Å². The number of thiocarbonyl (C=S) groups is 1. The van der Waals surface area contributed by atoms with E-state index >= 15 is 0 Å². The zero-order chi connectivity index (χ0) is 14.3. The SMILES string of the molecule is CCCCCC1CC(C/C(C)=N/NC(N)=S)C(=O)O1. The maximum absolute atomic E-state index is 11.7. The van der Waals surface area contributed by atoms with E-state index in [1.165, 1.54) is 12.8 Å². The van der Waals surface area contributed by atoms with E-state index in [9.17, 15) is 4.79 Å². The molecule has 0 amide bonds. The Kier molecular flexibility index (Phi) is 6.77. The third-order valence-corrected chi connectivity index (χ3v) is 3.28. The molecule has 5 nitrogen and oxygen atoms in total. The molecule has 1 aliphatic rings. The first-order valence-electron chi connectivity index (χ1n) is 6.82. The van der Waals surface area contributed by atoms with Gasteiger partial charge in [0.05, 0.1) is 5.92 Å². The van der Waals surface area contributed by atoms with E-state index in [-0.39, 0.29) is 23.1 Å². The lowest BCUT2D eigenvalue weighted by Gasteiger charge is -2.07. The smallest absolute Gasteiger partial charge is 0.309 e. The minimum atomic E-state index is -0.105. The van der Waals surface area contributed by atoms with Crippen LogP contribution in [-0.2, 0) is 9.53 Å². The zero-order valence-electron chi connectivity index (χ0n) is 11.6. The molecule has 1 aliphatic heterocycles. The van der Waals surface area contributed by atoms with Gasteiger partial charge < -0.3 is 10.5 Å². The number of hydrazone groups is 1. The molecule has 0 aromatic rings. The summed E-state index contributed by atoms with van der Waals surface area (Å²) in [5.74, 6) is -0.185. The van der Waals surface area contributed by atoms with Crippen molar-refractivity contribution in [3.05, 3.63) is 0 Å². The van der Waals surface area contributed by atoms with Gasteiger partial charge in [0.2, 0.25) is 0 Å². The van der Waals surface area contributed by atoms with Gasteiger partial charge in [-0.3, -0.25) is 10.2 Å². The number of rotatable bonds is 7.